The Morgan fingerprint density at radius 1 is 1.32 bits per heavy atom. The van der Waals surface area contributed by atoms with E-state index in [1.165, 1.54) is 0 Å². The third-order valence-corrected chi connectivity index (χ3v) is 2.86. The predicted molar refractivity (Wildman–Crippen MR) is 75.0 cm³/mol. The van der Waals surface area contributed by atoms with E-state index < -0.39 is 0 Å². The van der Waals surface area contributed by atoms with E-state index in [0.717, 1.165) is 5.56 Å². The number of para-hydroxylation sites is 1. The van der Waals surface area contributed by atoms with E-state index in [2.05, 4.69) is 6.07 Å². The van der Waals surface area contributed by atoms with Gasteiger partial charge in [-0.05, 0) is 33.3 Å². The molecule has 1 rings (SSSR count). The van der Waals surface area contributed by atoms with Gasteiger partial charge < -0.3 is 15.2 Å². The summed E-state index contributed by atoms with van der Waals surface area (Å²) in [6, 6.07) is 7.95. The van der Waals surface area contributed by atoms with Gasteiger partial charge in [0.15, 0.2) is 11.5 Å². The second kappa shape index (κ2) is 7.01. The summed E-state index contributed by atoms with van der Waals surface area (Å²) >= 11 is 0. The Labute approximate surface area is 115 Å². The van der Waals surface area contributed by atoms with Gasteiger partial charge in [0.1, 0.15) is 0 Å². The summed E-state index contributed by atoms with van der Waals surface area (Å²) in [4.78, 5) is 0. The van der Waals surface area contributed by atoms with Crippen LogP contribution >= 0.6 is 0 Å². The molecule has 19 heavy (non-hydrogen) atoms. The summed E-state index contributed by atoms with van der Waals surface area (Å²) in [6.07, 6.45) is 0.661. The van der Waals surface area contributed by atoms with E-state index in [4.69, 9.17) is 20.5 Å². The van der Waals surface area contributed by atoms with Crippen molar-refractivity contribution in [1.82, 2.24) is 0 Å². The van der Waals surface area contributed by atoms with Crippen LogP contribution in [0, 0.1) is 16.7 Å². The number of rotatable bonds is 7. The monoisotopic (exact) mass is 262 g/mol. The van der Waals surface area contributed by atoms with Gasteiger partial charge in [-0.25, -0.2) is 0 Å². The molecular weight excluding hydrogens is 240 g/mol. The molecule has 0 unspecified atom stereocenters. The highest BCUT2D eigenvalue weighted by atomic mass is 16.5. The number of nitriles is 1. The van der Waals surface area contributed by atoms with Crippen molar-refractivity contribution in [2.45, 2.75) is 33.7 Å². The summed E-state index contributed by atoms with van der Waals surface area (Å²) in [7, 11) is 0. The lowest BCUT2D eigenvalue weighted by Crippen LogP contribution is -2.14. The van der Waals surface area contributed by atoms with Crippen molar-refractivity contribution in [3.63, 3.8) is 0 Å². The normalized spacial score (nSPS) is 10.9. The lowest BCUT2D eigenvalue weighted by molar-refractivity contribution is 0.243. The Hall–Kier alpha value is -1.73. The zero-order valence-electron chi connectivity index (χ0n) is 11.9. The van der Waals surface area contributed by atoms with Crippen LogP contribution in [0.3, 0.4) is 0 Å². The first-order chi connectivity index (χ1) is 9.04. The van der Waals surface area contributed by atoms with Crippen molar-refractivity contribution in [2.75, 3.05) is 13.2 Å². The zero-order chi connectivity index (χ0) is 14.3. The van der Waals surface area contributed by atoms with Gasteiger partial charge in [-0.15, -0.1) is 0 Å². The smallest absolute Gasteiger partial charge is 0.165 e. The average Bonchev–Trinajstić information content (AvgIpc) is 2.40. The molecule has 2 N–H and O–H groups in total. The molecule has 104 valence electrons. The van der Waals surface area contributed by atoms with Gasteiger partial charge in [0.25, 0.3) is 0 Å². The first-order valence-corrected chi connectivity index (χ1v) is 6.53. The van der Waals surface area contributed by atoms with Crippen LogP contribution in [0.4, 0.5) is 0 Å². The maximum absolute atomic E-state index is 8.98. The fourth-order valence-corrected chi connectivity index (χ4v) is 1.62. The Bertz CT molecular complexity index is 450. The van der Waals surface area contributed by atoms with Crippen LogP contribution in [0.2, 0.25) is 0 Å². The van der Waals surface area contributed by atoms with Gasteiger partial charge in [0, 0.05) is 12.1 Å². The van der Waals surface area contributed by atoms with E-state index in [9.17, 15) is 0 Å². The average molecular weight is 262 g/mol. The summed E-state index contributed by atoms with van der Waals surface area (Å²) < 4.78 is 11.3. The van der Waals surface area contributed by atoms with Gasteiger partial charge in [-0.1, -0.05) is 12.1 Å². The van der Waals surface area contributed by atoms with Gasteiger partial charge in [-0.2, -0.15) is 5.26 Å². The molecule has 0 aliphatic heterocycles. The van der Waals surface area contributed by atoms with Crippen LogP contribution < -0.4 is 15.2 Å². The molecule has 0 atom stereocenters. The van der Waals surface area contributed by atoms with E-state index >= 15 is 0 Å². The number of nitrogens with two attached hydrogens (primary N) is 1. The molecule has 1 aromatic rings. The van der Waals surface area contributed by atoms with Crippen molar-refractivity contribution in [2.24, 2.45) is 11.1 Å². The van der Waals surface area contributed by atoms with Gasteiger partial charge in [-0.3, -0.25) is 0 Å². The fraction of sp³-hybridized carbons (Fsp3) is 0.533. The number of ether oxygens (including phenoxy) is 2. The predicted octanol–water partition coefficient (Wildman–Crippen LogP) is 2.86. The first kappa shape index (κ1) is 15.3. The molecule has 0 fully saturated rings. The molecule has 0 aromatic heterocycles. The van der Waals surface area contributed by atoms with Crippen molar-refractivity contribution in [3.8, 4) is 17.6 Å². The van der Waals surface area contributed by atoms with Crippen LogP contribution in [0.15, 0.2) is 18.2 Å². The molecular formula is C15H22N2O2. The zero-order valence-corrected chi connectivity index (χ0v) is 11.9. The van der Waals surface area contributed by atoms with E-state index in [1.807, 2.05) is 39.0 Å². The molecule has 0 bridgehead atoms. The Kier molecular flexibility index (Phi) is 5.65. The molecule has 0 spiro atoms. The minimum atomic E-state index is -0.385. The molecule has 0 radical (unpaired) electrons. The van der Waals surface area contributed by atoms with E-state index in [0.29, 0.717) is 37.7 Å². The molecule has 0 aliphatic rings. The largest absolute Gasteiger partial charge is 0.490 e. The van der Waals surface area contributed by atoms with Gasteiger partial charge in [0.2, 0.25) is 0 Å². The summed E-state index contributed by atoms with van der Waals surface area (Å²) in [5.74, 6) is 1.40. The molecule has 0 amide bonds. The molecule has 4 heteroatoms. The molecule has 0 saturated heterocycles. The number of benzene rings is 1. The molecule has 0 saturated carbocycles. The van der Waals surface area contributed by atoms with Crippen LogP contribution in [0.25, 0.3) is 0 Å². The van der Waals surface area contributed by atoms with E-state index in [-0.39, 0.29) is 5.41 Å². The van der Waals surface area contributed by atoms with Gasteiger partial charge >= 0.3 is 0 Å². The lowest BCUT2D eigenvalue weighted by Gasteiger charge is -2.18. The van der Waals surface area contributed by atoms with Crippen LogP contribution in [0.1, 0.15) is 32.8 Å². The van der Waals surface area contributed by atoms with Crippen molar-refractivity contribution in [1.29, 1.82) is 5.26 Å². The maximum atomic E-state index is 8.98. The number of nitrogens with zero attached hydrogens (tertiary/aromatic N) is 1. The summed E-state index contributed by atoms with van der Waals surface area (Å²) in [6.45, 7) is 7.17. The molecule has 0 aliphatic carbocycles. The van der Waals surface area contributed by atoms with Crippen LogP contribution in [0.5, 0.6) is 11.5 Å². The fourth-order valence-electron chi connectivity index (χ4n) is 1.62. The van der Waals surface area contributed by atoms with Crippen LogP contribution in [-0.4, -0.2) is 13.2 Å². The maximum Gasteiger partial charge on any atom is 0.165 e. The highest BCUT2D eigenvalue weighted by Gasteiger charge is 2.17. The summed E-state index contributed by atoms with van der Waals surface area (Å²) in [5, 5.41) is 8.98. The van der Waals surface area contributed by atoms with E-state index in [1.54, 1.807) is 0 Å². The van der Waals surface area contributed by atoms with Gasteiger partial charge in [0.05, 0.1) is 24.7 Å². The minimum absolute atomic E-state index is 0.385. The number of hydrogen-bond donors (Lipinski definition) is 1. The summed E-state index contributed by atoms with van der Waals surface area (Å²) in [5.41, 5.74) is 6.24. The Morgan fingerprint density at radius 3 is 2.63 bits per heavy atom. The Balaban J connectivity index is 2.78. The third-order valence-electron chi connectivity index (χ3n) is 2.86. The highest BCUT2D eigenvalue weighted by Crippen LogP contribution is 2.32. The standard InChI is InChI=1S/C15H22N2O2/c1-4-18-13-7-5-6-12(10-16)14(13)19-9-8-15(2,3)11-17/h5-7H,4,8-10,16H2,1-3H3. The second-order valence-corrected chi connectivity index (χ2v) is 4.98. The topological polar surface area (TPSA) is 68.3 Å². The molecule has 4 nitrogen and oxygen atoms in total. The SMILES string of the molecule is CCOc1cccc(CN)c1OCCC(C)(C)C#N. The number of hydrogen-bond acceptors (Lipinski definition) is 4. The van der Waals surface area contributed by atoms with Crippen molar-refractivity contribution >= 4 is 0 Å². The quantitative estimate of drug-likeness (QED) is 0.820. The third kappa shape index (κ3) is 4.46. The second-order valence-electron chi connectivity index (χ2n) is 4.98. The van der Waals surface area contributed by atoms with Crippen molar-refractivity contribution in [3.05, 3.63) is 23.8 Å². The van der Waals surface area contributed by atoms with Crippen molar-refractivity contribution < 1.29 is 9.47 Å². The lowest BCUT2D eigenvalue weighted by atomic mass is 9.92. The Morgan fingerprint density at radius 2 is 2.05 bits per heavy atom. The van der Waals surface area contributed by atoms with Crippen LogP contribution in [-0.2, 0) is 6.54 Å². The minimum Gasteiger partial charge on any atom is -0.490 e. The molecule has 1 aromatic carbocycles. The highest BCUT2D eigenvalue weighted by molar-refractivity contribution is 5.46. The first-order valence-electron chi connectivity index (χ1n) is 6.53. The molecule has 0 heterocycles.